The van der Waals surface area contributed by atoms with E-state index in [0.29, 0.717) is 23.8 Å². The lowest BCUT2D eigenvalue weighted by atomic mass is 10.0. The first kappa shape index (κ1) is 13.9. The van der Waals surface area contributed by atoms with Crippen LogP contribution in [0.15, 0.2) is 0 Å². The van der Waals surface area contributed by atoms with Crippen LogP contribution in [0.4, 0.5) is 0 Å². The summed E-state index contributed by atoms with van der Waals surface area (Å²) in [5.74, 6) is 1.42. The highest BCUT2D eigenvalue weighted by Crippen LogP contribution is 2.31. The van der Waals surface area contributed by atoms with Gasteiger partial charge in [-0.05, 0) is 31.1 Å². The predicted octanol–water partition coefficient (Wildman–Crippen LogP) is 2.76. The molecule has 0 aromatic heterocycles. The second-order valence-corrected chi connectivity index (χ2v) is 6.72. The summed E-state index contributed by atoms with van der Waals surface area (Å²) in [6, 6.07) is 0.549. The molecule has 1 N–H and O–H groups in total. The predicted molar refractivity (Wildman–Crippen MR) is 74.1 cm³/mol. The molecule has 0 radical (unpaired) electrons. The lowest BCUT2D eigenvalue weighted by molar-refractivity contribution is -0.133. The fraction of sp³-hybridized carbons (Fsp3) is 0.933. The first-order valence-corrected chi connectivity index (χ1v) is 7.59. The first-order valence-electron chi connectivity index (χ1n) is 7.59. The molecule has 2 rings (SSSR count). The van der Waals surface area contributed by atoms with Gasteiger partial charge in [0.05, 0.1) is 12.2 Å². The molecule has 18 heavy (non-hydrogen) atoms. The number of amides is 1. The summed E-state index contributed by atoms with van der Waals surface area (Å²) in [6.07, 6.45) is 6.19. The highest BCUT2D eigenvalue weighted by Gasteiger charge is 2.43. The van der Waals surface area contributed by atoms with Gasteiger partial charge in [-0.15, -0.1) is 0 Å². The number of carbonyl (C=O) groups excluding carboxylic acids is 1. The second-order valence-electron chi connectivity index (χ2n) is 6.72. The SMILES string of the molecule is CC(C)CC1NC(C(C)C)N(C2CCCC2)C1=O. The summed E-state index contributed by atoms with van der Waals surface area (Å²) in [6.45, 7) is 8.81. The van der Waals surface area contributed by atoms with Gasteiger partial charge in [0.25, 0.3) is 0 Å². The number of hydrogen-bond donors (Lipinski definition) is 1. The lowest BCUT2D eigenvalue weighted by Gasteiger charge is -2.32. The molecule has 2 aliphatic rings. The molecule has 0 aromatic carbocycles. The molecule has 0 bridgehead atoms. The number of nitrogens with zero attached hydrogens (tertiary/aromatic N) is 1. The van der Waals surface area contributed by atoms with Crippen molar-refractivity contribution < 1.29 is 4.79 Å². The van der Waals surface area contributed by atoms with E-state index in [1.54, 1.807) is 0 Å². The molecule has 1 aliphatic heterocycles. The Bertz CT molecular complexity index is 295. The van der Waals surface area contributed by atoms with Crippen LogP contribution >= 0.6 is 0 Å². The maximum absolute atomic E-state index is 12.6. The van der Waals surface area contributed by atoms with Gasteiger partial charge < -0.3 is 4.90 Å². The van der Waals surface area contributed by atoms with Crippen molar-refractivity contribution in [2.24, 2.45) is 11.8 Å². The molecule has 2 fully saturated rings. The Morgan fingerprint density at radius 3 is 2.33 bits per heavy atom. The minimum absolute atomic E-state index is 0.0537. The molecule has 0 spiro atoms. The van der Waals surface area contributed by atoms with E-state index in [-0.39, 0.29) is 12.2 Å². The molecule has 1 heterocycles. The Morgan fingerprint density at radius 2 is 1.83 bits per heavy atom. The van der Waals surface area contributed by atoms with Crippen LogP contribution in [0.5, 0.6) is 0 Å². The number of nitrogens with one attached hydrogen (secondary N) is 1. The smallest absolute Gasteiger partial charge is 0.241 e. The largest absolute Gasteiger partial charge is 0.323 e. The zero-order chi connectivity index (χ0) is 13.3. The van der Waals surface area contributed by atoms with Crippen molar-refractivity contribution in [3.05, 3.63) is 0 Å². The Morgan fingerprint density at radius 1 is 1.22 bits per heavy atom. The van der Waals surface area contributed by atoms with Crippen LogP contribution in [0.1, 0.15) is 59.8 Å². The maximum atomic E-state index is 12.6. The molecule has 1 saturated carbocycles. The third-order valence-electron chi connectivity index (χ3n) is 4.28. The Labute approximate surface area is 111 Å². The number of hydrogen-bond acceptors (Lipinski definition) is 2. The third kappa shape index (κ3) is 2.71. The van der Waals surface area contributed by atoms with Crippen LogP contribution in [-0.4, -0.2) is 29.1 Å². The van der Waals surface area contributed by atoms with E-state index >= 15 is 0 Å². The molecule has 0 aromatic rings. The molecule has 3 heteroatoms. The summed E-state index contributed by atoms with van der Waals surface area (Å²) in [7, 11) is 0. The lowest BCUT2D eigenvalue weighted by Crippen LogP contribution is -2.46. The highest BCUT2D eigenvalue weighted by molar-refractivity contribution is 5.84. The van der Waals surface area contributed by atoms with Crippen molar-refractivity contribution >= 4 is 5.91 Å². The second kappa shape index (κ2) is 5.60. The van der Waals surface area contributed by atoms with Gasteiger partial charge in [-0.25, -0.2) is 0 Å². The van der Waals surface area contributed by atoms with E-state index in [9.17, 15) is 4.79 Å². The van der Waals surface area contributed by atoms with Crippen LogP contribution in [0, 0.1) is 11.8 Å². The summed E-state index contributed by atoms with van der Waals surface area (Å²) < 4.78 is 0. The molecule has 3 nitrogen and oxygen atoms in total. The minimum atomic E-state index is 0.0537. The average molecular weight is 252 g/mol. The maximum Gasteiger partial charge on any atom is 0.241 e. The van der Waals surface area contributed by atoms with Crippen molar-refractivity contribution in [2.75, 3.05) is 0 Å². The van der Waals surface area contributed by atoms with Gasteiger partial charge in [0.1, 0.15) is 0 Å². The van der Waals surface area contributed by atoms with Crippen LogP contribution in [0.2, 0.25) is 0 Å². The molecule has 1 amide bonds. The first-order chi connectivity index (χ1) is 8.50. The summed E-state index contributed by atoms with van der Waals surface area (Å²) >= 11 is 0. The van der Waals surface area contributed by atoms with Crippen molar-refractivity contribution in [3.8, 4) is 0 Å². The minimum Gasteiger partial charge on any atom is -0.323 e. The topological polar surface area (TPSA) is 32.3 Å². The monoisotopic (exact) mass is 252 g/mol. The van der Waals surface area contributed by atoms with E-state index in [2.05, 4.69) is 37.9 Å². The van der Waals surface area contributed by atoms with E-state index in [1.165, 1.54) is 25.7 Å². The van der Waals surface area contributed by atoms with Crippen LogP contribution in [0.25, 0.3) is 0 Å². The van der Waals surface area contributed by atoms with Gasteiger partial charge in [0.2, 0.25) is 5.91 Å². The van der Waals surface area contributed by atoms with E-state index in [1.807, 2.05) is 0 Å². The molecular formula is C15H28N2O. The Hall–Kier alpha value is -0.570. The fourth-order valence-electron chi connectivity index (χ4n) is 3.42. The van der Waals surface area contributed by atoms with Gasteiger partial charge in [-0.1, -0.05) is 40.5 Å². The quantitative estimate of drug-likeness (QED) is 0.834. The normalized spacial score (nSPS) is 30.1. The van der Waals surface area contributed by atoms with Gasteiger partial charge >= 0.3 is 0 Å². The summed E-state index contributed by atoms with van der Waals surface area (Å²) in [5.41, 5.74) is 0. The van der Waals surface area contributed by atoms with E-state index in [0.717, 1.165) is 6.42 Å². The number of rotatable bonds is 4. The van der Waals surface area contributed by atoms with E-state index < -0.39 is 0 Å². The van der Waals surface area contributed by atoms with Gasteiger partial charge in [0.15, 0.2) is 0 Å². The van der Waals surface area contributed by atoms with Crippen LogP contribution in [-0.2, 0) is 4.79 Å². The van der Waals surface area contributed by atoms with Crippen molar-refractivity contribution in [2.45, 2.75) is 78.0 Å². The Kier molecular flexibility index (Phi) is 4.31. The summed E-state index contributed by atoms with van der Waals surface area (Å²) in [5, 5.41) is 3.57. The van der Waals surface area contributed by atoms with Crippen molar-refractivity contribution in [3.63, 3.8) is 0 Å². The molecule has 1 aliphatic carbocycles. The molecule has 2 unspecified atom stereocenters. The van der Waals surface area contributed by atoms with Crippen LogP contribution < -0.4 is 5.32 Å². The van der Waals surface area contributed by atoms with Crippen molar-refractivity contribution in [1.29, 1.82) is 0 Å². The highest BCUT2D eigenvalue weighted by atomic mass is 16.2. The zero-order valence-electron chi connectivity index (χ0n) is 12.3. The van der Waals surface area contributed by atoms with Gasteiger partial charge in [0, 0.05) is 6.04 Å². The van der Waals surface area contributed by atoms with E-state index in [4.69, 9.17) is 0 Å². The van der Waals surface area contributed by atoms with Crippen molar-refractivity contribution in [1.82, 2.24) is 10.2 Å². The Balaban J connectivity index is 2.11. The summed E-state index contributed by atoms with van der Waals surface area (Å²) in [4.78, 5) is 14.8. The molecule has 1 saturated heterocycles. The van der Waals surface area contributed by atoms with Crippen LogP contribution in [0.3, 0.4) is 0 Å². The fourth-order valence-corrected chi connectivity index (χ4v) is 3.42. The molecule has 2 atom stereocenters. The molecule has 104 valence electrons. The molecular weight excluding hydrogens is 224 g/mol. The average Bonchev–Trinajstić information content (AvgIpc) is 2.87. The van der Waals surface area contributed by atoms with Gasteiger partial charge in [-0.2, -0.15) is 0 Å². The number of carbonyl (C=O) groups is 1. The third-order valence-corrected chi connectivity index (χ3v) is 4.28. The van der Waals surface area contributed by atoms with Gasteiger partial charge in [-0.3, -0.25) is 10.1 Å². The zero-order valence-corrected chi connectivity index (χ0v) is 12.3. The standard InChI is InChI=1S/C15H28N2O/c1-10(2)9-13-15(18)17(12-7-5-6-8-12)14(16-13)11(3)4/h10-14,16H,5-9H2,1-4H3.